The lowest BCUT2D eigenvalue weighted by Gasteiger charge is -2.13. The maximum Gasteiger partial charge on any atom is 0.342 e. The van der Waals surface area contributed by atoms with E-state index in [-0.39, 0.29) is 30.1 Å². The number of H-pyrrole nitrogens is 1. The molecule has 0 aliphatic rings. The number of carboxylic acid groups (broad SMARTS) is 2. The van der Waals surface area contributed by atoms with E-state index >= 15 is 0 Å². The second-order valence-corrected chi connectivity index (χ2v) is 5.89. The van der Waals surface area contributed by atoms with Crippen molar-refractivity contribution in [1.29, 1.82) is 0 Å². The van der Waals surface area contributed by atoms with Gasteiger partial charge in [0.1, 0.15) is 22.7 Å². The third kappa shape index (κ3) is 5.12. The highest BCUT2D eigenvalue weighted by molar-refractivity contribution is 6.07. The van der Waals surface area contributed by atoms with E-state index in [4.69, 9.17) is 15.2 Å². The first kappa shape index (κ1) is 21.5. The summed E-state index contributed by atoms with van der Waals surface area (Å²) in [5.74, 6) is -3.58. The number of nitrogens with two attached hydrogens (primary N) is 1. The van der Waals surface area contributed by atoms with E-state index in [2.05, 4.69) is 0 Å². The van der Waals surface area contributed by atoms with Crippen LogP contribution in [0.2, 0.25) is 0 Å². The zero-order valence-corrected chi connectivity index (χ0v) is 15.6. The van der Waals surface area contributed by atoms with Crippen molar-refractivity contribution >= 4 is 23.7 Å². The summed E-state index contributed by atoms with van der Waals surface area (Å²) in [6.07, 6.45) is 0.562. The molecule has 0 aliphatic heterocycles. The van der Waals surface area contributed by atoms with E-state index < -0.39 is 34.4 Å². The fourth-order valence-corrected chi connectivity index (χ4v) is 2.72. The van der Waals surface area contributed by atoms with Crippen LogP contribution in [0.1, 0.15) is 40.5 Å². The molecule has 0 unspecified atom stereocenters. The fourth-order valence-electron chi connectivity index (χ4n) is 2.72. The predicted molar refractivity (Wildman–Crippen MR) is 102 cm³/mol. The van der Waals surface area contributed by atoms with E-state index in [0.29, 0.717) is 18.8 Å². The molecular weight excluding hydrogens is 384 g/mol. The Kier molecular flexibility index (Phi) is 6.96. The van der Waals surface area contributed by atoms with Crippen LogP contribution in [-0.2, 0) is 9.53 Å². The highest BCUT2D eigenvalue weighted by Crippen LogP contribution is 2.31. The second-order valence-electron chi connectivity index (χ2n) is 5.89. The SMILES string of the molecule is CCOC(=O)CCCOc1cccc(-c2c(C(=O)O)c(N)[nH]c(=O)c2C(=O)O)c1. The molecule has 0 bridgehead atoms. The standard InChI is InChI=1S/C19H20N2O8/c1-2-28-12(22)7-4-8-29-11-6-3-5-10(9-11)13-14(18(24)25)16(20)21-17(23)15(13)19(26)27/h3,5-6,9H,2,4,7-8H2,1H3,(H,24,25)(H,26,27)(H3,20,21,23). The molecular formula is C19H20N2O8. The molecule has 0 radical (unpaired) electrons. The van der Waals surface area contributed by atoms with Gasteiger partial charge in [-0.15, -0.1) is 0 Å². The van der Waals surface area contributed by atoms with Gasteiger partial charge in [0.2, 0.25) is 0 Å². The number of benzene rings is 1. The molecule has 0 saturated carbocycles. The molecule has 0 aliphatic carbocycles. The first-order valence-corrected chi connectivity index (χ1v) is 8.67. The molecule has 1 aromatic heterocycles. The number of rotatable bonds is 9. The molecule has 1 aromatic carbocycles. The summed E-state index contributed by atoms with van der Waals surface area (Å²) in [5, 5.41) is 18.9. The van der Waals surface area contributed by atoms with Crippen LogP contribution >= 0.6 is 0 Å². The summed E-state index contributed by atoms with van der Waals surface area (Å²) in [7, 11) is 0. The smallest absolute Gasteiger partial charge is 0.342 e. The molecule has 0 atom stereocenters. The van der Waals surface area contributed by atoms with Crippen LogP contribution in [0.25, 0.3) is 11.1 Å². The third-order valence-corrected chi connectivity index (χ3v) is 3.89. The van der Waals surface area contributed by atoms with Gasteiger partial charge in [0.05, 0.1) is 13.2 Å². The fraction of sp³-hybridized carbons (Fsp3) is 0.263. The minimum Gasteiger partial charge on any atom is -0.494 e. The number of nitrogen functional groups attached to an aromatic ring is 1. The van der Waals surface area contributed by atoms with Crippen molar-refractivity contribution in [2.45, 2.75) is 19.8 Å². The summed E-state index contributed by atoms with van der Waals surface area (Å²) < 4.78 is 10.4. The van der Waals surface area contributed by atoms with Gasteiger partial charge in [-0.25, -0.2) is 9.59 Å². The molecule has 10 heteroatoms. The maximum atomic E-state index is 12.1. The minimum absolute atomic E-state index is 0.139. The Morgan fingerprint density at radius 3 is 2.45 bits per heavy atom. The van der Waals surface area contributed by atoms with Crippen molar-refractivity contribution in [1.82, 2.24) is 4.98 Å². The van der Waals surface area contributed by atoms with Gasteiger partial charge in [-0.2, -0.15) is 0 Å². The number of hydrogen-bond acceptors (Lipinski definition) is 7. The lowest BCUT2D eigenvalue weighted by atomic mass is 9.95. The zero-order chi connectivity index (χ0) is 21.6. The van der Waals surface area contributed by atoms with E-state index in [9.17, 15) is 29.4 Å². The number of esters is 1. The normalized spacial score (nSPS) is 10.4. The molecule has 29 heavy (non-hydrogen) atoms. The molecule has 0 spiro atoms. The van der Waals surface area contributed by atoms with Crippen molar-refractivity contribution in [3.05, 3.63) is 45.7 Å². The first-order chi connectivity index (χ1) is 13.8. The van der Waals surface area contributed by atoms with Gasteiger partial charge in [-0.1, -0.05) is 12.1 Å². The van der Waals surface area contributed by atoms with Crippen LogP contribution in [0.15, 0.2) is 29.1 Å². The van der Waals surface area contributed by atoms with E-state index in [0.717, 1.165) is 0 Å². The molecule has 0 amide bonds. The van der Waals surface area contributed by atoms with Crippen molar-refractivity contribution in [3.63, 3.8) is 0 Å². The molecule has 2 aromatic rings. The summed E-state index contributed by atoms with van der Waals surface area (Å²) in [4.78, 5) is 48.7. The van der Waals surface area contributed by atoms with Gasteiger partial charge in [0.25, 0.3) is 5.56 Å². The number of carbonyl (C=O) groups is 3. The Morgan fingerprint density at radius 2 is 1.83 bits per heavy atom. The van der Waals surface area contributed by atoms with Crippen LogP contribution in [0.3, 0.4) is 0 Å². The topological polar surface area (TPSA) is 169 Å². The molecule has 2 rings (SSSR count). The second kappa shape index (κ2) is 9.40. The minimum atomic E-state index is -1.59. The molecule has 0 saturated heterocycles. The highest BCUT2D eigenvalue weighted by atomic mass is 16.5. The lowest BCUT2D eigenvalue weighted by molar-refractivity contribution is -0.143. The Morgan fingerprint density at radius 1 is 1.14 bits per heavy atom. The van der Waals surface area contributed by atoms with Crippen LogP contribution in [-0.4, -0.2) is 46.3 Å². The predicted octanol–water partition coefficient (Wildman–Crippen LogP) is 1.74. The van der Waals surface area contributed by atoms with Crippen molar-refractivity contribution in [3.8, 4) is 16.9 Å². The van der Waals surface area contributed by atoms with Gasteiger partial charge in [0, 0.05) is 12.0 Å². The molecule has 5 N–H and O–H groups in total. The van der Waals surface area contributed by atoms with Crippen molar-refractivity contribution < 1.29 is 34.1 Å². The summed E-state index contributed by atoms with van der Waals surface area (Å²) in [6.45, 7) is 2.17. The highest BCUT2D eigenvalue weighted by Gasteiger charge is 2.26. The monoisotopic (exact) mass is 404 g/mol. The number of aromatic carboxylic acids is 2. The van der Waals surface area contributed by atoms with Gasteiger partial charge < -0.3 is 30.4 Å². The average molecular weight is 404 g/mol. The molecule has 10 nitrogen and oxygen atoms in total. The summed E-state index contributed by atoms with van der Waals surface area (Å²) in [6, 6.07) is 5.94. The van der Waals surface area contributed by atoms with Crippen LogP contribution in [0, 0.1) is 0 Å². The Bertz CT molecular complexity index is 996. The number of carbonyl (C=O) groups excluding carboxylic acids is 1. The molecule has 1 heterocycles. The van der Waals surface area contributed by atoms with Gasteiger partial charge in [0.15, 0.2) is 0 Å². The van der Waals surface area contributed by atoms with Gasteiger partial charge >= 0.3 is 17.9 Å². The van der Waals surface area contributed by atoms with Gasteiger partial charge in [-0.3, -0.25) is 9.59 Å². The zero-order valence-electron chi connectivity index (χ0n) is 15.6. The first-order valence-electron chi connectivity index (χ1n) is 8.67. The average Bonchev–Trinajstić information content (AvgIpc) is 2.64. The van der Waals surface area contributed by atoms with E-state index in [1.54, 1.807) is 13.0 Å². The number of nitrogens with one attached hydrogen (secondary N) is 1. The number of aromatic amines is 1. The Hall–Kier alpha value is -3.82. The summed E-state index contributed by atoms with van der Waals surface area (Å²) >= 11 is 0. The van der Waals surface area contributed by atoms with Gasteiger partial charge in [-0.05, 0) is 31.0 Å². The Balaban J connectivity index is 2.37. The van der Waals surface area contributed by atoms with E-state index in [1.807, 2.05) is 4.98 Å². The Labute approximate surface area is 164 Å². The number of hydrogen-bond donors (Lipinski definition) is 4. The van der Waals surface area contributed by atoms with Crippen molar-refractivity contribution in [2.75, 3.05) is 18.9 Å². The van der Waals surface area contributed by atoms with Crippen LogP contribution < -0.4 is 16.0 Å². The largest absolute Gasteiger partial charge is 0.494 e. The van der Waals surface area contributed by atoms with Crippen LogP contribution in [0.5, 0.6) is 5.75 Å². The lowest BCUT2D eigenvalue weighted by Crippen LogP contribution is -2.24. The number of aromatic nitrogens is 1. The number of carboxylic acids is 2. The quantitative estimate of drug-likeness (QED) is 0.359. The molecule has 0 fully saturated rings. The van der Waals surface area contributed by atoms with Crippen molar-refractivity contribution in [2.24, 2.45) is 0 Å². The molecule has 154 valence electrons. The van der Waals surface area contributed by atoms with Crippen LogP contribution in [0.4, 0.5) is 5.82 Å². The number of pyridine rings is 1. The summed E-state index contributed by atoms with van der Waals surface area (Å²) in [5.41, 5.74) is 3.15. The number of ether oxygens (including phenoxy) is 2. The third-order valence-electron chi connectivity index (χ3n) is 3.89. The number of anilines is 1. The van der Waals surface area contributed by atoms with E-state index in [1.165, 1.54) is 18.2 Å². The maximum absolute atomic E-state index is 12.1.